The van der Waals surface area contributed by atoms with Gasteiger partial charge in [0.2, 0.25) is 0 Å². The van der Waals surface area contributed by atoms with Crippen molar-refractivity contribution in [3.8, 4) is 0 Å². The fourth-order valence-electron chi connectivity index (χ4n) is 2.62. The fourth-order valence-corrected chi connectivity index (χ4v) is 4.62. The van der Waals surface area contributed by atoms with Gasteiger partial charge in [-0.2, -0.15) is 0 Å². The molecule has 152 valence electrons. The largest absolute Gasteiger partial charge is 0.324 e. The molecule has 0 fully saturated rings. The van der Waals surface area contributed by atoms with Gasteiger partial charge in [-0.3, -0.25) is 19.8 Å². The lowest BCUT2D eigenvalue weighted by Crippen LogP contribution is -2.32. The van der Waals surface area contributed by atoms with E-state index in [1.165, 1.54) is 23.5 Å². The number of hydrogen-bond donors (Lipinski definition) is 0. The second-order valence-electron chi connectivity index (χ2n) is 6.52. The Balaban J connectivity index is 1.83. The van der Waals surface area contributed by atoms with Crippen molar-refractivity contribution >= 4 is 66.6 Å². The van der Waals surface area contributed by atoms with Gasteiger partial charge in [0.25, 0.3) is 5.91 Å². The quantitative estimate of drug-likeness (QED) is 0.276. The van der Waals surface area contributed by atoms with Crippen molar-refractivity contribution in [2.75, 3.05) is 32.1 Å². The molecule has 1 amide bonds. The zero-order chi connectivity index (χ0) is 21.0. The summed E-state index contributed by atoms with van der Waals surface area (Å²) in [5.74, 6) is -0.218. The Morgan fingerprint density at radius 2 is 2.03 bits per heavy atom. The highest BCUT2D eigenvalue weighted by Crippen LogP contribution is 2.31. The van der Waals surface area contributed by atoms with E-state index in [4.69, 9.17) is 11.6 Å². The molecule has 3 aromatic rings. The predicted molar refractivity (Wildman–Crippen MR) is 120 cm³/mol. The molecule has 0 unspecified atom stereocenters. The number of rotatable bonds is 8. The standard InChI is InChI=1S/C19H19ClN4O3S2/c1-22(2)10-3-11-23(19-21-15-7-4-13(20)12-16(15)29-19)17(25)8-5-14-6-9-18(28-14)24(26)27/h4-9,12H,3,10-11H2,1-2H3. The van der Waals surface area contributed by atoms with Gasteiger partial charge in [-0.15, -0.1) is 0 Å². The van der Waals surface area contributed by atoms with E-state index < -0.39 is 4.92 Å². The predicted octanol–water partition coefficient (Wildman–Crippen LogP) is 4.92. The molecule has 0 bridgehead atoms. The molecule has 29 heavy (non-hydrogen) atoms. The average Bonchev–Trinajstić information content (AvgIpc) is 3.29. The van der Waals surface area contributed by atoms with E-state index in [0.717, 1.165) is 34.5 Å². The van der Waals surface area contributed by atoms with Crippen molar-refractivity contribution in [3.05, 3.63) is 56.4 Å². The number of hydrogen-bond acceptors (Lipinski definition) is 7. The molecule has 0 spiro atoms. The number of carbonyl (C=O) groups is 1. The molecule has 0 atom stereocenters. The summed E-state index contributed by atoms with van der Waals surface area (Å²) >= 11 is 8.50. The molecule has 3 rings (SSSR count). The number of aromatic nitrogens is 1. The second-order valence-corrected chi connectivity index (χ2v) is 9.06. The first kappa shape index (κ1) is 21.4. The third kappa shape index (κ3) is 5.60. The number of nitrogens with zero attached hydrogens (tertiary/aromatic N) is 4. The number of benzene rings is 1. The van der Waals surface area contributed by atoms with Crippen LogP contribution in [0.25, 0.3) is 16.3 Å². The fraction of sp³-hybridized carbons (Fsp3) is 0.263. The first-order valence-electron chi connectivity index (χ1n) is 8.78. The summed E-state index contributed by atoms with van der Waals surface area (Å²) in [6.45, 7) is 1.35. The molecule has 2 heterocycles. The molecule has 0 saturated carbocycles. The Morgan fingerprint density at radius 3 is 2.72 bits per heavy atom. The van der Waals surface area contributed by atoms with Crippen LogP contribution in [0.1, 0.15) is 11.3 Å². The van der Waals surface area contributed by atoms with Crippen LogP contribution in [0.2, 0.25) is 5.02 Å². The van der Waals surface area contributed by atoms with Crippen molar-refractivity contribution in [3.63, 3.8) is 0 Å². The van der Waals surface area contributed by atoms with Gasteiger partial charge in [0.05, 0.1) is 15.1 Å². The molecule has 0 aliphatic heterocycles. The molecule has 0 aliphatic rings. The minimum Gasteiger partial charge on any atom is -0.309 e. The number of fused-ring (bicyclic) bond motifs is 1. The van der Waals surface area contributed by atoms with Crippen molar-refractivity contribution in [1.29, 1.82) is 0 Å². The molecular formula is C19H19ClN4O3S2. The summed E-state index contributed by atoms with van der Waals surface area (Å²) < 4.78 is 0.913. The third-order valence-corrected chi connectivity index (χ3v) is 6.28. The van der Waals surface area contributed by atoms with Gasteiger partial charge in [0.1, 0.15) is 0 Å². The van der Waals surface area contributed by atoms with Crippen LogP contribution in [0.5, 0.6) is 0 Å². The van der Waals surface area contributed by atoms with Gasteiger partial charge in [0, 0.05) is 28.6 Å². The van der Waals surface area contributed by atoms with Gasteiger partial charge in [-0.1, -0.05) is 34.3 Å². The van der Waals surface area contributed by atoms with E-state index >= 15 is 0 Å². The van der Waals surface area contributed by atoms with Gasteiger partial charge in [-0.25, -0.2) is 4.98 Å². The smallest absolute Gasteiger partial charge is 0.309 e. The molecule has 1 aromatic carbocycles. The van der Waals surface area contributed by atoms with Crippen LogP contribution >= 0.6 is 34.3 Å². The van der Waals surface area contributed by atoms with E-state index in [-0.39, 0.29) is 10.9 Å². The summed E-state index contributed by atoms with van der Waals surface area (Å²) in [6, 6.07) is 8.50. The summed E-state index contributed by atoms with van der Waals surface area (Å²) in [6.07, 6.45) is 3.82. The highest BCUT2D eigenvalue weighted by atomic mass is 35.5. The molecule has 0 saturated heterocycles. The van der Waals surface area contributed by atoms with Gasteiger partial charge < -0.3 is 4.90 Å². The molecule has 7 nitrogen and oxygen atoms in total. The average molecular weight is 451 g/mol. The summed E-state index contributed by atoms with van der Waals surface area (Å²) in [5, 5.41) is 12.1. The van der Waals surface area contributed by atoms with E-state index in [2.05, 4.69) is 9.88 Å². The first-order chi connectivity index (χ1) is 13.8. The van der Waals surface area contributed by atoms with Crippen LogP contribution in [-0.2, 0) is 4.79 Å². The van der Waals surface area contributed by atoms with Crippen LogP contribution in [0.4, 0.5) is 10.1 Å². The maximum Gasteiger partial charge on any atom is 0.324 e. The SMILES string of the molecule is CN(C)CCCN(C(=O)C=Cc1ccc([N+](=O)[O-])s1)c1nc2ccc(Cl)cc2s1. The van der Waals surface area contributed by atoms with E-state index in [0.29, 0.717) is 21.6 Å². The van der Waals surface area contributed by atoms with E-state index in [9.17, 15) is 14.9 Å². The molecular weight excluding hydrogens is 432 g/mol. The number of carbonyl (C=O) groups excluding carboxylic acids is 1. The molecule has 2 aromatic heterocycles. The number of anilines is 1. The lowest BCUT2D eigenvalue weighted by Gasteiger charge is -2.19. The Kier molecular flexibility index (Phi) is 6.96. The van der Waals surface area contributed by atoms with Gasteiger partial charge in [-0.05, 0) is 57.4 Å². The van der Waals surface area contributed by atoms with Crippen molar-refractivity contribution < 1.29 is 9.72 Å². The Morgan fingerprint density at radius 1 is 1.24 bits per heavy atom. The summed E-state index contributed by atoms with van der Waals surface area (Å²) in [7, 11) is 3.96. The van der Waals surface area contributed by atoms with E-state index in [1.54, 1.807) is 23.1 Å². The van der Waals surface area contributed by atoms with Crippen LogP contribution in [-0.4, -0.2) is 47.9 Å². The summed E-state index contributed by atoms with van der Waals surface area (Å²) in [5.41, 5.74) is 0.790. The highest BCUT2D eigenvalue weighted by molar-refractivity contribution is 7.22. The highest BCUT2D eigenvalue weighted by Gasteiger charge is 2.18. The first-order valence-corrected chi connectivity index (χ1v) is 10.8. The number of nitro groups is 1. The molecule has 10 heteroatoms. The van der Waals surface area contributed by atoms with Crippen LogP contribution in [0, 0.1) is 10.1 Å². The maximum atomic E-state index is 12.9. The number of amides is 1. The minimum atomic E-state index is -0.441. The second kappa shape index (κ2) is 9.45. The zero-order valence-corrected chi connectivity index (χ0v) is 18.3. The molecule has 0 N–H and O–H groups in total. The minimum absolute atomic E-state index is 0.0444. The molecule has 0 radical (unpaired) electrons. The maximum absolute atomic E-state index is 12.9. The van der Waals surface area contributed by atoms with Crippen molar-refractivity contribution in [2.24, 2.45) is 0 Å². The van der Waals surface area contributed by atoms with Crippen molar-refractivity contribution in [2.45, 2.75) is 6.42 Å². The lowest BCUT2D eigenvalue weighted by atomic mass is 10.3. The van der Waals surface area contributed by atoms with E-state index in [1.807, 2.05) is 26.2 Å². The van der Waals surface area contributed by atoms with Crippen LogP contribution in [0.15, 0.2) is 36.4 Å². The Hall–Kier alpha value is -2.33. The number of halogens is 1. The third-order valence-electron chi connectivity index (χ3n) is 4.01. The lowest BCUT2D eigenvalue weighted by molar-refractivity contribution is -0.380. The van der Waals surface area contributed by atoms with Crippen LogP contribution < -0.4 is 4.90 Å². The van der Waals surface area contributed by atoms with Crippen molar-refractivity contribution in [1.82, 2.24) is 9.88 Å². The zero-order valence-electron chi connectivity index (χ0n) is 15.9. The normalized spacial score (nSPS) is 11.6. The van der Waals surface area contributed by atoms with Gasteiger partial charge in [0.15, 0.2) is 5.13 Å². The number of thiazole rings is 1. The topological polar surface area (TPSA) is 79.6 Å². The Bertz CT molecular complexity index is 1060. The Labute approximate surface area is 181 Å². The molecule has 0 aliphatic carbocycles. The number of thiophene rings is 1. The monoisotopic (exact) mass is 450 g/mol. The van der Waals surface area contributed by atoms with Crippen LogP contribution in [0.3, 0.4) is 0 Å². The summed E-state index contributed by atoms with van der Waals surface area (Å²) in [4.78, 5) is 32.2. The van der Waals surface area contributed by atoms with Gasteiger partial charge >= 0.3 is 5.00 Å².